The number of amides is 1. The van der Waals surface area contributed by atoms with Crippen molar-refractivity contribution in [2.24, 2.45) is 0 Å². The molecule has 0 bridgehead atoms. The zero-order chi connectivity index (χ0) is 18.4. The van der Waals surface area contributed by atoms with Crippen molar-refractivity contribution in [3.8, 4) is 0 Å². The predicted molar refractivity (Wildman–Crippen MR) is 99.2 cm³/mol. The van der Waals surface area contributed by atoms with Crippen LogP contribution >= 0.6 is 0 Å². The molecule has 0 unspecified atom stereocenters. The lowest BCUT2D eigenvalue weighted by atomic mass is 10.0. The van der Waals surface area contributed by atoms with E-state index in [1.54, 1.807) is 13.1 Å². The molecule has 2 aromatic carbocycles. The summed E-state index contributed by atoms with van der Waals surface area (Å²) in [6.45, 7) is 4.66. The molecule has 0 radical (unpaired) electrons. The molecule has 0 fully saturated rings. The van der Waals surface area contributed by atoms with Gasteiger partial charge in [-0.25, -0.2) is 0 Å². The van der Waals surface area contributed by atoms with E-state index < -0.39 is 4.92 Å². The molecule has 6 nitrogen and oxygen atoms in total. The number of benzene rings is 2. The van der Waals surface area contributed by atoms with Crippen molar-refractivity contribution in [2.45, 2.75) is 26.7 Å². The Morgan fingerprint density at radius 1 is 1.16 bits per heavy atom. The lowest BCUT2D eigenvalue weighted by Crippen LogP contribution is -2.25. The topological polar surface area (TPSA) is 84.3 Å². The third-order valence-electron chi connectivity index (χ3n) is 4.13. The number of non-ortho nitro benzene ring substituents is 1. The average Bonchev–Trinajstić information content (AvgIpc) is 2.59. The van der Waals surface area contributed by atoms with Crippen LogP contribution in [-0.2, 0) is 6.42 Å². The molecule has 2 rings (SSSR count). The molecule has 0 atom stereocenters. The Morgan fingerprint density at radius 2 is 1.92 bits per heavy atom. The van der Waals surface area contributed by atoms with Gasteiger partial charge in [0.2, 0.25) is 0 Å². The smallest absolute Gasteiger partial charge is 0.270 e. The number of hydrogen-bond donors (Lipinski definition) is 2. The van der Waals surface area contributed by atoms with Crippen LogP contribution in [0.2, 0.25) is 0 Å². The van der Waals surface area contributed by atoms with E-state index in [0.29, 0.717) is 12.2 Å². The molecule has 0 saturated heterocycles. The second-order valence-corrected chi connectivity index (χ2v) is 6.03. The first-order valence-electron chi connectivity index (χ1n) is 8.23. The van der Waals surface area contributed by atoms with Gasteiger partial charge in [-0.15, -0.1) is 0 Å². The quantitative estimate of drug-likeness (QED) is 0.458. The maximum absolute atomic E-state index is 12.3. The van der Waals surface area contributed by atoms with Crippen LogP contribution in [0.3, 0.4) is 0 Å². The number of nitro groups is 1. The van der Waals surface area contributed by atoms with E-state index >= 15 is 0 Å². The van der Waals surface area contributed by atoms with Crippen LogP contribution in [0.15, 0.2) is 36.4 Å². The fourth-order valence-electron chi connectivity index (χ4n) is 2.75. The van der Waals surface area contributed by atoms with Gasteiger partial charge in [0.25, 0.3) is 11.6 Å². The molecule has 0 aliphatic rings. The summed E-state index contributed by atoms with van der Waals surface area (Å²) in [7, 11) is 1.68. The number of nitrogens with zero attached hydrogens (tertiary/aromatic N) is 1. The van der Waals surface area contributed by atoms with Crippen molar-refractivity contribution >= 4 is 17.3 Å². The molecule has 0 spiro atoms. The highest BCUT2D eigenvalue weighted by molar-refractivity contribution is 6.00. The number of anilines is 1. The lowest BCUT2D eigenvalue weighted by molar-refractivity contribution is -0.384. The summed E-state index contributed by atoms with van der Waals surface area (Å²) >= 11 is 0. The highest BCUT2D eigenvalue weighted by Crippen LogP contribution is 2.21. The molecule has 0 saturated carbocycles. The Balaban J connectivity index is 1.96. The van der Waals surface area contributed by atoms with Crippen molar-refractivity contribution in [1.29, 1.82) is 0 Å². The first-order chi connectivity index (χ1) is 11.9. The van der Waals surface area contributed by atoms with E-state index in [1.165, 1.54) is 28.8 Å². The van der Waals surface area contributed by atoms with Gasteiger partial charge in [0.05, 0.1) is 10.5 Å². The molecule has 0 aliphatic heterocycles. The zero-order valence-electron chi connectivity index (χ0n) is 14.8. The van der Waals surface area contributed by atoms with Crippen LogP contribution in [0.5, 0.6) is 0 Å². The molecular weight excluding hydrogens is 318 g/mol. The monoisotopic (exact) mass is 341 g/mol. The molecule has 132 valence electrons. The van der Waals surface area contributed by atoms with Gasteiger partial charge in [-0.1, -0.05) is 23.8 Å². The van der Waals surface area contributed by atoms with E-state index in [1.807, 2.05) is 0 Å². The van der Waals surface area contributed by atoms with Crippen molar-refractivity contribution in [2.75, 3.05) is 18.9 Å². The van der Waals surface area contributed by atoms with Crippen LogP contribution in [0, 0.1) is 24.0 Å². The van der Waals surface area contributed by atoms with E-state index in [2.05, 4.69) is 42.7 Å². The van der Waals surface area contributed by atoms with Crippen LogP contribution in [-0.4, -0.2) is 24.4 Å². The Morgan fingerprint density at radius 3 is 2.56 bits per heavy atom. The summed E-state index contributed by atoms with van der Waals surface area (Å²) in [4.78, 5) is 22.7. The van der Waals surface area contributed by atoms with E-state index in [9.17, 15) is 14.9 Å². The number of nitrogens with one attached hydrogen (secondary N) is 2. The molecule has 25 heavy (non-hydrogen) atoms. The van der Waals surface area contributed by atoms with Crippen LogP contribution < -0.4 is 10.6 Å². The third kappa shape index (κ3) is 4.79. The molecule has 6 heteroatoms. The maximum Gasteiger partial charge on any atom is 0.270 e. The van der Waals surface area contributed by atoms with Crippen LogP contribution in [0.25, 0.3) is 0 Å². The minimum absolute atomic E-state index is 0.0977. The fourth-order valence-corrected chi connectivity index (χ4v) is 2.75. The van der Waals surface area contributed by atoms with Crippen LogP contribution in [0.4, 0.5) is 11.4 Å². The normalized spacial score (nSPS) is 10.4. The Kier molecular flexibility index (Phi) is 6.11. The molecule has 2 aromatic rings. The number of aryl methyl sites for hydroxylation is 3. The number of rotatable bonds is 7. The van der Waals surface area contributed by atoms with E-state index in [0.717, 1.165) is 12.8 Å². The van der Waals surface area contributed by atoms with Gasteiger partial charge in [-0.05, 0) is 43.9 Å². The zero-order valence-corrected chi connectivity index (χ0v) is 14.8. The van der Waals surface area contributed by atoms with E-state index in [-0.39, 0.29) is 17.2 Å². The first kappa shape index (κ1) is 18.4. The number of nitro benzene ring substituents is 1. The Bertz CT molecular complexity index is 787. The summed E-state index contributed by atoms with van der Waals surface area (Å²) in [6.07, 6.45) is 1.68. The molecule has 0 aromatic heterocycles. The fraction of sp³-hybridized carbons (Fsp3) is 0.316. The summed E-state index contributed by atoms with van der Waals surface area (Å²) in [5.41, 5.74) is 4.51. The van der Waals surface area contributed by atoms with Crippen molar-refractivity contribution in [3.05, 3.63) is 68.8 Å². The number of carbonyl (C=O) groups excluding carboxylic acids is 1. The van der Waals surface area contributed by atoms with Gasteiger partial charge < -0.3 is 10.6 Å². The summed E-state index contributed by atoms with van der Waals surface area (Å²) in [5, 5.41) is 16.6. The van der Waals surface area contributed by atoms with Gasteiger partial charge >= 0.3 is 0 Å². The van der Waals surface area contributed by atoms with Crippen molar-refractivity contribution in [3.63, 3.8) is 0 Å². The summed E-state index contributed by atoms with van der Waals surface area (Å²) in [5.74, 6) is -0.311. The van der Waals surface area contributed by atoms with Crippen LogP contribution in [0.1, 0.15) is 33.5 Å². The molecular formula is C19H23N3O3. The van der Waals surface area contributed by atoms with Crippen molar-refractivity contribution in [1.82, 2.24) is 5.32 Å². The standard InChI is InChI=1S/C19H23N3O3/c1-13-6-7-15(14(2)11-13)5-4-10-21-19(23)17-12-16(22(24)25)8-9-18(17)20-3/h6-9,11-12,20H,4-5,10H2,1-3H3,(H,21,23). The number of carbonyl (C=O) groups is 1. The predicted octanol–water partition coefficient (Wildman–Crippen LogP) is 3.62. The van der Waals surface area contributed by atoms with Gasteiger partial charge in [0.1, 0.15) is 0 Å². The van der Waals surface area contributed by atoms with Gasteiger partial charge in [0.15, 0.2) is 0 Å². The minimum atomic E-state index is -0.504. The molecule has 0 aliphatic carbocycles. The molecule has 1 amide bonds. The number of hydrogen-bond acceptors (Lipinski definition) is 4. The average molecular weight is 341 g/mol. The second kappa shape index (κ2) is 8.28. The largest absolute Gasteiger partial charge is 0.387 e. The minimum Gasteiger partial charge on any atom is -0.387 e. The highest BCUT2D eigenvalue weighted by atomic mass is 16.6. The first-order valence-corrected chi connectivity index (χ1v) is 8.23. The van der Waals surface area contributed by atoms with Gasteiger partial charge in [0, 0.05) is 31.4 Å². The Hall–Kier alpha value is -2.89. The summed E-state index contributed by atoms with van der Waals surface area (Å²) < 4.78 is 0. The summed E-state index contributed by atoms with van der Waals surface area (Å²) in [6, 6.07) is 10.6. The van der Waals surface area contributed by atoms with E-state index in [4.69, 9.17) is 0 Å². The third-order valence-corrected chi connectivity index (χ3v) is 4.13. The maximum atomic E-state index is 12.3. The van der Waals surface area contributed by atoms with Gasteiger partial charge in [-0.3, -0.25) is 14.9 Å². The van der Waals surface area contributed by atoms with Crippen molar-refractivity contribution < 1.29 is 9.72 Å². The molecule has 2 N–H and O–H groups in total. The lowest BCUT2D eigenvalue weighted by Gasteiger charge is -2.10. The second-order valence-electron chi connectivity index (χ2n) is 6.03. The van der Waals surface area contributed by atoms with Gasteiger partial charge in [-0.2, -0.15) is 0 Å². The highest BCUT2D eigenvalue weighted by Gasteiger charge is 2.15. The molecule has 0 heterocycles. The Labute approximate surface area is 147 Å². The SMILES string of the molecule is CNc1ccc([N+](=O)[O-])cc1C(=O)NCCCc1ccc(C)cc1C.